The molecule has 0 unspecified atom stereocenters. The van der Waals surface area contributed by atoms with Crippen molar-refractivity contribution in [3.8, 4) is 11.5 Å². The Morgan fingerprint density at radius 1 is 0.947 bits per heavy atom. The van der Waals surface area contributed by atoms with Crippen LogP contribution < -0.4 is 11.5 Å². The van der Waals surface area contributed by atoms with Crippen LogP contribution in [-0.2, 0) is 0 Å². The lowest BCUT2D eigenvalue weighted by Crippen LogP contribution is -2.01. The fourth-order valence-electron chi connectivity index (χ4n) is 1.16. The summed E-state index contributed by atoms with van der Waals surface area (Å²) in [6, 6.07) is 2.26. The lowest BCUT2D eigenvalue weighted by molar-refractivity contribution is 0.451. The van der Waals surface area contributed by atoms with Crippen LogP contribution in [0.25, 0.3) is 0 Å². The maximum atomic E-state index is 9.53. The molecule has 10 heteroatoms. The van der Waals surface area contributed by atoms with E-state index in [9.17, 15) is 10.2 Å². The summed E-state index contributed by atoms with van der Waals surface area (Å²) in [6.07, 6.45) is 0. The number of nitrogens with zero attached hydrogens (tertiary/aromatic N) is 5. The third-order valence-corrected chi connectivity index (χ3v) is 2.25. The Kier molecular flexibility index (Phi) is 3.29. The van der Waals surface area contributed by atoms with Crippen LogP contribution in [0.4, 0.5) is 23.5 Å². The molecule has 0 radical (unpaired) electrons. The van der Waals surface area contributed by atoms with Crippen molar-refractivity contribution >= 4 is 35.1 Å². The summed E-state index contributed by atoms with van der Waals surface area (Å²) >= 11 is 5.67. The van der Waals surface area contributed by atoms with Gasteiger partial charge in [-0.25, -0.2) is 0 Å². The molecule has 2 rings (SSSR count). The van der Waals surface area contributed by atoms with E-state index in [-0.39, 0.29) is 40.1 Å². The standard InChI is InChI=1S/C9H8ClN7O2/c10-3-1-4(6(19)2-5(3)18)16-17-9-14-7(11)13-8(12)15-9/h1-2,18-19H,(H4,11,12,13,14,15). The highest BCUT2D eigenvalue weighted by Crippen LogP contribution is 2.36. The molecule has 6 N–H and O–H groups in total. The molecule has 2 aromatic rings. The third-order valence-electron chi connectivity index (χ3n) is 1.95. The van der Waals surface area contributed by atoms with Crippen LogP contribution in [0.3, 0.4) is 0 Å². The van der Waals surface area contributed by atoms with Crippen LogP contribution in [0, 0.1) is 0 Å². The number of hydrogen-bond donors (Lipinski definition) is 4. The van der Waals surface area contributed by atoms with E-state index in [2.05, 4.69) is 25.2 Å². The number of azo groups is 1. The van der Waals surface area contributed by atoms with Gasteiger partial charge in [-0.1, -0.05) is 11.6 Å². The van der Waals surface area contributed by atoms with Gasteiger partial charge in [-0.05, 0) is 6.07 Å². The molecule has 1 heterocycles. The lowest BCUT2D eigenvalue weighted by Gasteiger charge is -2.01. The monoisotopic (exact) mass is 281 g/mol. The molecule has 98 valence electrons. The van der Waals surface area contributed by atoms with E-state index in [0.29, 0.717) is 0 Å². The third kappa shape index (κ3) is 2.96. The Bertz CT molecular complexity index is 641. The molecule has 0 aliphatic rings. The van der Waals surface area contributed by atoms with Crippen molar-refractivity contribution in [2.45, 2.75) is 0 Å². The van der Waals surface area contributed by atoms with Gasteiger partial charge in [0.25, 0.3) is 5.95 Å². The van der Waals surface area contributed by atoms with Gasteiger partial charge in [0.1, 0.15) is 17.2 Å². The molecule has 0 amide bonds. The quantitative estimate of drug-likeness (QED) is 0.608. The average molecular weight is 282 g/mol. The molecule has 0 saturated heterocycles. The number of aromatic nitrogens is 3. The van der Waals surface area contributed by atoms with Gasteiger partial charge in [-0.2, -0.15) is 15.0 Å². The van der Waals surface area contributed by atoms with Gasteiger partial charge < -0.3 is 21.7 Å². The molecule has 0 fully saturated rings. The van der Waals surface area contributed by atoms with E-state index < -0.39 is 0 Å². The number of benzene rings is 1. The highest BCUT2D eigenvalue weighted by atomic mass is 35.5. The summed E-state index contributed by atoms with van der Waals surface area (Å²) in [5.74, 6) is -0.898. The molecule has 0 saturated carbocycles. The maximum absolute atomic E-state index is 9.53. The maximum Gasteiger partial charge on any atom is 0.275 e. The zero-order valence-corrected chi connectivity index (χ0v) is 10.1. The van der Waals surface area contributed by atoms with E-state index in [1.807, 2.05) is 0 Å². The van der Waals surface area contributed by atoms with Gasteiger partial charge in [0.2, 0.25) is 11.9 Å². The van der Waals surface area contributed by atoms with E-state index in [1.54, 1.807) is 0 Å². The van der Waals surface area contributed by atoms with Gasteiger partial charge in [0, 0.05) is 6.07 Å². The second-order valence-corrected chi connectivity index (χ2v) is 3.75. The summed E-state index contributed by atoms with van der Waals surface area (Å²) < 4.78 is 0. The van der Waals surface area contributed by atoms with Crippen LogP contribution in [0.1, 0.15) is 0 Å². The Labute approximate surface area is 111 Å². The summed E-state index contributed by atoms with van der Waals surface area (Å²) in [7, 11) is 0. The molecule has 9 nitrogen and oxygen atoms in total. The number of nitrogens with two attached hydrogens (primary N) is 2. The number of phenolic OH excluding ortho intramolecular Hbond substituents is 2. The number of aromatic hydroxyl groups is 2. The molecular weight excluding hydrogens is 274 g/mol. The molecule has 19 heavy (non-hydrogen) atoms. The molecule has 1 aromatic carbocycles. The summed E-state index contributed by atoms with van der Waals surface area (Å²) in [6.45, 7) is 0. The SMILES string of the molecule is Nc1nc(N)nc(N=Nc2cc(Cl)c(O)cc2O)n1. The highest BCUT2D eigenvalue weighted by molar-refractivity contribution is 6.32. The van der Waals surface area contributed by atoms with Crippen molar-refractivity contribution in [3.05, 3.63) is 17.2 Å². The zero-order chi connectivity index (χ0) is 14.0. The molecule has 0 bridgehead atoms. The minimum Gasteiger partial charge on any atom is -0.506 e. The van der Waals surface area contributed by atoms with Crippen LogP contribution in [-0.4, -0.2) is 25.2 Å². The summed E-state index contributed by atoms with van der Waals surface area (Å²) in [5, 5.41) is 26.1. The molecule has 0 spiro atoms. The highest BCUT2D eigenvalue weighted by Gasteiger charge is 2.07. The van der Waals surface area contributed by atoms with Gasteiger partial charge in [-0.3, -0.25) is 0 Å². The number of phenols is 2. The minimum absolute atomic E-state index is 0.0152. The number of hydrogen-bond acceptors (Lipinski definition) is 9. The first-order valence-electron chi connectivity index (χ1n) is 4.86. The Morgan fingerprint density at radius 2 is 1.58 bits per heavy atom. The molecule has 0 aliphatic carbocycles. The van der Waals surface area contributed by atoms with Gasteiger partial charge >= 0.3 is 0 Å². The van der Waals surface area contributed by atoms with Crippen molar-refractivity contribution in [2.75, 3.05) is 11.5 Å². The van der Waals surface area contributed by atoms with Gasteiger partial charge in [-0.15, -0.1) is 10.2 Å². The summed E-state index contributed by atoms with van der Waals surface area (Å²) in [4.78, 5) is 10.9. The Hall–Kier alpha value is -2.68. The van der Waals surface area contributed by atoms with Crippen LogP contribution in [0.15, 0.2) is 22.4 Å². The number of anilines is 2. The van der Waals surface area contributed by atoms with E-state index in [0.717, 1.165) is 6.07 Å². The second-order valence-electron chi connectivity index (χ2n) is 3.34. The Balaban J connectivity index is 2.35. The fourth-order valence-corrected chi connectivity index (χ4v) is 1.32. The van der Waals surface area contributed by atoms with Crippen molar-refractivity contribution in [2.24, 2.45) is 10.2 Å². The smallest absolute Gasteiger partial charge is 0.275 e. The molecule has 0 aliphatic heterocycles. The van der Waals surface area contributed by atoms with E-state index >= 15 is 0 Å². The first-order chi connectivity index (χ1) is 8.95. The predicted octanol–water partition coefficient (Wildman–Crippen LogP) is 1.52. The molecule has 0 atom stereocenters. The number of halogens is 1. The van der Waals surface area contributed by atoms with E-state index in [1.165, 1.54) is 6.07 Å². The first kappa shape index (κ1) is 12.8. The lowest BCUT2D eigenvalue weighted by atomic mass is 10.3. The second kappa shape index (κ2) is 4.90. The van der Waals surface area contributed by atoms with Gasteiger partial charge in [0.05, 0.1) is 5.02 Å². The number of rotatable bonds is 2. The van der Waals surface area contributed by atoms with Gasteiger partial charge in [0.15, 0.2) is 0 Å². The predicted molar refractivity (Wildman–Crippen MR) is 67.6 cm³/mol. The Morgan fingerprint density at radius 3 is 2.21 bits per heavy atom. The minimum atomic E-state index is -0.305. The topological polar surface area (TPSA) is 156 Å². The zero-order valence-electron chi connectivity index (χ0n) is 9.32. The van der Waals surface area contributed by atoms with Crippen molar-refractivity contribution in [3.63, 3.8) is 0 Å². The largest absolute Gasteiger partial charge is 0.506 e. The van der Waals surface area contributed by atoms with Crippen LogP contribution >= 0.6 is 11.6 Å². The summed E-state index contributed by atoms with van der Waals surface area (Å²) in [5.41, 5.74) is 10.7. The van der Waals surface area contributed by atoms with Crippen LogP contribution in [0.2, 0.25) is 5.02 Å². The van der Waals surface area contributed by atoms with Crippen molar-refractivity contribution in [1.29, 1.82) is 0 Å². The van der Waals surface area contributed by atoms with Crippen molar-refractivity contribution in [1.82, 2.24) is 15.0 Å². The molecular formula is C9H8ClN7O2. The van der Waals surface area contributed by atoms with Crippen molar-refractivity contribution < 1.29 is 10.2 Å². The molecule has 1 aromatic heterocycles. The normalized spacial score (nSPS) is 11.0. The average Bonchev–Trinajstić information content (AvgIpc) is 2.31. The van der Waals surface area contributed by atoms with Crippen LogP contribution in [0.5, 0.6) is 11.5 Å². The first-order valence-corrected chi connectivity index (χ1v) is 5.24. The van der Waals surface area contributed by atoms with E-state index in [4.69, 9.17) is 23.1 Å². The fraction of sp³-hybridized carbons (Fsp3) is 0. The number of nitrogen functional groups attached to an aromatic ring is 2.